The van der Waals surface area contributed by atoms with Crippen molar-refractivity contribution in [1.82, 2.24) is 0 Å². The van der Waals surface area contributed by atoms with E-state index in [1.54, 1.807) is 33.8 Å². The van der Waals surface area contributed by atoms with E-state index in [0.29, 0.717) is 16.7 Å². The molecular formula is C16H18O4S. The lowest BCUT2D eigenvalue weighted by Gasteiger charge is -2.15. The maximum absolute atomic E-state index is 12.9. The molecule has 2 aromatic carbocycles. The molecule has 0 saturated carbocycles. The number of hydrogen-bond acceptors (Lipinski definition) is 4. The number of phenols is 2. The predicted molar refractivity (Wildman–Crippen MR) is 80.6 cm³/mol. The van der Waals surface area contributed by atoms with Gasteiger partial charge in [-0.25, -0.2) is 8.42 Å². The topological polar surface area (TPSA) is 74.6 Å². The van der Waals surface area contributed by atoms with Gasteiger partial charge in [0.1, 0.15) is 16.4 Å². The first kappa shape index (κ1) is 15.4. The Labute approximate surface area is 124 Å². The summed E-state index contributed by atoms with van der Waals surface area (Å²) in [6.45, 7) is 6.72. The van der Waals surface area contributed by atoms with Gasteiger partial charge in [0.15, 0.2) is 0 Å². The maximum Gasteiger partial charge on any atom is 0.211 e. The van der Waals surface area contributed by atoms with Gasteiger partial charge in [-0.2, -0.15) is 0 Å². The molecule has 0 aromatic heterocycles. The summed E-state index contributed by atoms with van der Waals surface area (Å²) in [6.07, 6.45) is 0. The largest absolute Gasteiger partial charge is 0.508 e. The molecule has 2 aromatic rings. The Bertz CT molecular complexity index is 797. The van der Waals surface area contributed by atoms with Gasteiger partial charge in [-0.05, 0) is 68.1 Å². The van der Waals surface area contributed by atoms with Gasteiger partial charge in [0.2, 0.25) is 9.84 Å². The third kappa shape index (κ3) is 2.49. The van der Waals surface area contributed by atoms with Crippen LogP contribution in [0.3, 0.4) is 0 Å². The molecule has 0 bridgehead atoms. The van der Waals surface area contributed by atoms with Crippen LogP contribution < -0.4 is 0 Å². The highest BCUT2D eigenvalue weighted by atomic mass is 32.2. The Kier molecular flexibility index (Phi) is 3.72. The molecule has 5 heteroatoms. The summed E-state index contributed by atoms with van der Waals surface area (Å²) in [5.74, 6) is -0.237. The molecule has 0 radical (unpaired) electrons. The summed E-state index contributed by atoms with van der Waals surface area (Å²) in [5, 5.41) is 19.6. The second kappa shape index (κ2) is 5.07. The van der Waals surface area contributed by atoms with Gasteiger partial charge >= 0.3 is 0 Å². The van der Waals surface area contributed by atoms with E-state index in [4.69, 9.17) is 0 Å². The summed E-state index contributed by atoms with van der Waals surface area (Å²) >= 11 is 0. The first-order valence-electron chi connectivity index (χ1n) is 6.50. The molecular weight excluding hydrogens is 288 g/mol. The number of phenolic OH excluding ortho intramolecular Hbond substituents is 2. The van der Waals surface area contributed by atoms with Crippen molar-refractivity contribution in [1.29, 1.82) is 0 Å². The van der Waals surface area contributed by atoms with Gasteiger partial charge in [-0.3, -0.25) is 0 Å². The number of aryl methyl sites for hydroxylation is 3. The van der Waals surface area contributed by atoms with Crippen molar-refractivity contribution < 1.29 is 18.6 Å². The molecule has 4 nitrogen and oxygen atoms in total. The molecule has 2 N–H and O–H groups in total. The molecule has 0 aliphatic rings. The lowest BCUT2D eigenvalue weighted by molar-refractivity contribution is 0.457. The number of hydrogen-bond donors (Lipinski definition) is 2. The molecule has 0 saturated heterocycles. The van der Waals surface area contributed by atoms with E-state index in [-0.39, 0.29) is 21.3 Å². The van der Waals surface area contributed by atoms with E-state index in [0.717, 1.165) is 5.56 Å². The lowest BCUT2D eigenvalue weighted by Crippen LogP contribution is -2.09. The molecule has 21 heavy (non-hydrogen) atoms. The van der Waals surface area contributed by atoms with Gasteiger partial charge in [0.25, 0.3) is 0 Å². The Morgan fingerprint density at radius 2 is 1.33 bits per heavy atom. The van der Waals surface area contributed by atoms with Crippen molar-refractivity contribution in [2.45, 2.75) is 37.5 Å². The highest BCUT2D eigenvalue weighted by Gasteiger charge is 2.28. The van der Waals surface area contributed by atoms with E-state index in [2.05, 4.69) is 0 Å². The Morgan fingerprint density at radius 1 is 0.810 bits per heavy atom. The van der Waals surface area contributed by atoms with Gasteiger partial charge in [0, 0.05) is 0 Å². The highest BCUT2D eigenvalue weighted by Crippen LogP contribution is 2.36. The smallest absolute Gasteiger partial charge is 0.211 e. The SMILES string of the molecule is Cc1ccc(O)c(S(=O)(=O)c2c(C)cc(O)cc2C)c1C. The molecule has 2 rings (SSSR count). The van der Waals surface area contributed by atoms with Crippen molar-refractivity contribution in [3.8, 4) is 11.5 Å². The average Bonchev–Trinajstić information content (AvgIpc) is 2.32. The third-order valence-electron chi connectivity index (χ3n) is 3.64. The van der Waals surface area contributed by atoms with Crippen molar-refractivity contribution in [3.05, 3.63) is 46.5 Å². The minimum absolute atomic E-state index is 0.0223. The zero-order chi connectivity index (χ0) is 15.9. The van der Waals surface area contributed by atoms with Crippen LogP contribution >= 0.6 is 0 Å². The van der Waals surface area contributed by atoms with Crippen LogP contribution in [0.15, 0.2) is 34.1 Å². The maximum atomic E-state index is 12.9. The standard InChI is InChI=1S/C16H18O4S/c1-9-5-6-14(18)16(12(9)4)21(19,20)15-10(2)7-13(17)8-11(15)3/h5-8,17-18H,1-4H3. The fourth-order valence-electron chi connectivity index (χ4n) is 2.57. The monoisotopic (exact) mass is 306 g/mol. The van der Waals surface area contributed by atoms with Crippen molar-refractivity contribution >= 4 is 9.84 Å². The zero-order valence-electron chi connectivity index (χ0n) is 12.4. The molecule has 0 atom stereocenters. The quantitative estimate of drug-likeness (QED) is 0.893. The molecule has 0 fully saturated rings. The molecule has 112 valence electrons. The van der Waals surface area contributed by atoms with Crippen LogP contribution in [0, 0.1) is 27.7 Å². The minimum atomic E-state index is -3.86. The second-order valence-corrected chi connectivity index (χ2v) is 7.09. The van der Waals surface area contributed by atoms with Crippen molar-refractivity contribution in [3.63, 3.8) is 0 Å². The van der Waals surface area contributed by atoms with Gasteiger partial charge in [-0.1, -0.05) is 6.07 Å². The molecule has 0 spiro atoms. The van der Waals surface area contributed by atoms with Crippen LogP contribution in [0.1, 0.15) is 22.3 Å². The molecule has 0 unspecified atom stereocenters. The van der Waals surface area contributed by atoms with Crippen molar-refractivity contribution in [2.75, 3.05) is 0 Å². The summed E-state index contributed by atoms with van der Waals surface area (Å²) in [5.41, 5.74) is 2.22. The van der Waals surface area contributed by atoms with Crippen LogP contribution in [-0.4, -0.2) is 18.6 Å². The fraction of sp³-hybridized carbons (Fsp3) is 0.250. The van der Waals surface area contributed by atoms with Crippen LogP contribution in [0.5, 0.6) is 11.5 Å². The minimum Gasteiger partial charge on any atom is -0.508 e. The van der Waals surface area contributed by atoms with Crippen LogP contribution in [0.25, 0.3) is 0 Å². The van der Waals surface area contributed by atoms with Crippen LogP contribution in [-0.2, 0) is 9.84 Å². The van der Waals surface area contributed by atoms with Gasteiger partial charge < -0.3 is 10.2 Å². The van der Waals surface area contributed by atoms with Crippen molar-refractivity contribution in [2.24, 2.45) is 0 Å². The molecule has 0 aliphatic heterocycles. The summed E-state index contributed by atoms with van der Waals surface area (Å²) in [6, 6.07) is 5.88. The number of benzene rings is 2. The normalized spacial score (nSPS) is 11.6. The molecule has 0 aliphatic carbocycles. The number of aromatic hydroxyl groups is 2. The van der Waals surface area contributed by atoms with E-state index >= 15 is 0 Å². The zero-order valence-corrected chi connectivity index (χ0v) is 13.2. The molecule has 0 amide bonds. The second-order valence-electron chi connectivity index (χ2n) is 5.27. The average molecular weight is 306 g/mol. The first-order valence-corrected chi connectivity index (χ1v) is 7.99. The van der Waals surface area contributed by atoms with E-state index < -0.39 is 9.84 Å². The molecule has 0 heterocycles. The van der Waals surface area contributed by atoms with Gasteiger partial charge in [0.05, 0.1) is 4.90 Å². The highest BCUT2D eigenvalue weighted by molar-refractivity contribution is 7.91. The fourth-order valence-corrected chi connectivity index (χ4v) is 4.65. The number of sulfone groups is 1. The number of rotatable bonds is 2. The van der Waals surface area contributed by atoms with E-state index in [9.17, 15) is 18.6 Å². The summed E-state index contributed by atoms with van der Waals surface area (Å²) in [4.78, 5) is 0.0590. The summed E-state index contributed by atoms with van der Waals surface area (Å²) < 4.78 is 25.9. The van der Waals surface area contributed by atoms with E-state index in [1.165, 1.54) is 18.2 Å². The van der Waals surface area contributed by atoms with Crippen LogP contribution in [0.4, 0.5) is 0 Å². The first-order chi connectivity index (χ1) is 9.66. The predicted octanol–water partition coefficient (Wildman–Crippen LogP) is 3.16. The van der Waals surface area contributed by atoms with E-state index in [1.807, 2.05) is 0 Å². The van der Waals surface area contributed by atoms with Gasteiger partial charge in [-0.15, -0.1) is 0 Å². The third-order valence-corrected chi connectivity index (χ3v) is 5.87. The Morgan fingerprint density at radius 3 is 1.86 bits per heavy atom. The Balaban J connectivity index is 2.85. The summed E-state index contributed by atoms with van der Waals surface area (Å²) in [7, 11) is -3.86. The Hall–Kier alpha value is -2.01. The lowest BCUT2D eigenvalue weighted by atomic mass is 10.1. The van der Waals surface area contributed by atoms with Crippen LogP contribution in [0.2, 0.25) is 0 Å².